The van der Waals surface area contributed by atoms with Crippen molar-refractivity contribution in [1.29, 1.82) is 0 Å². The van der Waals surface area contributed by atoms with Gasteiger partial charge in [0.1, 0.15) is 11.6 Å². The molecule has 0 saturated heterocycles. The number of fused-ring (bicyclic) bond motifs is 1. The van der Waals surface area contributed by atoms with Crippen LogP contribution in [0.2, 0.25) is 0 Å². The molecular formula is C26H31NO2. The number of unbranched alkanes of at least 4 members (excludes halogenated alkanes) is 1. The highest BCUT2D eigenvalue weighted by molar-refractivity contribution is 5.93. The van der Waals surface area contributed by atoms with Gasteiger partial charge in [0.25, 0.3) is 0 Å². The molecule has 1 unspecified atom stereocenters. The third-order valence-electron chi connectivity index (χ3n) is 5.59. The van der Waals surface area contributed by atoms with Crippen molar-refractivity contribution in [3.63, 3.8) is 0 Å². The SMILES string of the molecule is CCCCC(CC(C)=O)c1c(-c2ccccc2)n(CCC(C)=O)c2ccccc12. The number of benzene rings is 2. The van der Waals surface area contributed by atoms with Crippen molar-refractivity contribution in [2.45, 2.75) is 65.3 Å². The molecule has 3 nitrogen and oxygen atoms in total. The molecule has 1 aromatic heterocycles. The van der Waals surface area contributed by atoms with E-state index in [0.29, 0.717) is 19.4 Å². The maximum absolute atomic E-state index is 12.1. The number of carbonyl (C=O) groups is 2. The topological polar surface area (TPSA) is 39.1 Å². The van der Waals surface area contributed by atoms with Crippen LogP contribution in [-0.2, 0) is 16.1 Å². The second-order valence-electron chi connectivity index (χ2n) is 7.99. The van der Waals surface area contributed by atoms with Crippen molar-refractivity contribution >= 4 is 22.5 Å². The fourth-order valence-electron chi connectivity index (χ4n) is 4.30. The van der Waals surface area contributed by atoms with Crippen LogP contribution in [0.15, 0.2) is 54.6 Å². The number of aryl methyl sites for hydroxylation is 1. The van der Waals surface area contributed by atoms with Crippen LogP contribution in [0, 0.1) is 0 Å². The second-order valence-corrected chi connectivity index (χ2v) is 7.99. The molecule has 29 heavy (non-hydrogen) atoms. The maximum atomic E-state index is 12.1. The van der Waals surface area contributed by atoms with Crippen LogP contribution in [0.25, 0.3) is 22.2 Å². The van der Waals surface area contributed by atoms with Gasteiger partial charge >= 0.3 is 0 Å². The Hall–Kier alpha value is -2.68. The van der Waals surface area contributed by atoms with Gasteiger partial charge in [-0.3, -0.25) is 4.79 Å². The molecule has 0 fully saturated rings. The first-order valence-corrected chi connectivity index (χ1v) is 10.7. The van der Waals surface area contributed by atoms with Gasteiger partial charge in [-0.05, 0) is 43.4 Å². The summed E-state index contributed by atoms with van der Waals surface area (Å²) in [5.74, 6) is 0.603. The van der Waals surface area contributed by atoms with E-state index in [0.717, 1.165) is 36.0 Å². The molecule has 0 saturated carbocycles. The van der Waals surface area contributed by atoms with Gasteiger partial charge in [-0.15, -0.1) is 0 Å². The van der Waals surface area contributed by atoms with Gasteiger partial charge in [-0.2, -0.15) is 0 Å². The lowest BCUT2D eigenvalue weighted by Crippen LogP contribution is -2.08. The molecule has 0 amide bonds. The Balaban J connectivity index is 2.28. The second kappa shape index (κ2) is 9.69. The highest BCUT2D eigenvalue weighted by Crippen LogP contribution is 2.42. The monoisotopic (exact) mass is 389 g/mol. The van der Waals surface area contributed by atoms with E-state index >= 15 is 0 Å². The Morgan fingerprint density at radius 1 is 0.931 bits per heavy atom. The lowest BCUT2D eigenvalue weighted by atomic mass is 9.86. The van der Waals surface area contributed by atoms with Gasteiger partial charge in [-0.25, -0.2) is 0 Å². The zero-order valence-corrected chi connectivity index (χ0v) is 17.8. The van der Waals surface area contributed by atoms with Gasteiger partial charge in [0, 0.05) is 30.3 Å². The van der Waals surface area contributed by atoms with Crippen LogP contribution >= 0.6 is 0 Å². The lowest BCUT2D eigenvalue weighted by molar-refractivity contribution is -0.118. The van der Waals surface area contributed by atoms with Crippen molar-refractivity contribution in [2.75, 3.05) is 0 Å². The molecule has 1 heterocycles. The van der Waals surface area contributed by atoms with E-state index in [1.54, 1.807) is 13.8 Å². The van der Waals surface area contributed by atoms with Crippen molar-refractivity contribution < 1.29 is 9.59 Å². The minimum atomic E-state index is 0.186. The number of nitrogens with zero attached hydrogens (tertiary/aromatic N) is 1. The fraction of sp³-hybridized carbons (Fsp3) is 0.385. The number of carbonyl (C=O) groups excluding carboxylic acids is 2. The summed E-state index contributed by atoms with van der Waals surface area (Å²) in [7, 11) is 0. The predicted octanol–water partition coefficient (Wildman–Crippen LogP) is 6.54. The van der Waals surface area contributed by atoms with E-state index in [2.05, 4.69) is 60.0 Å². The predicted molar refractivity (Wildman–Crippen MR) is 120 cm³/mol. The third kappa shape index (κ3) is 4.84. The molecule has 0 aliphatic rings. The van der Waals surface area contributed by atoms with Crippen molar-refractivity contribution in [3.05, 3.63) is 60.2 Å². The first-order valence-electron chi connectivity index (χ1n) is 10.7. The molecule has 0 aliphatic heterocycles. The molecule has 152 valence electrons. The summed E-state index contributed by atoms with van der Waals surface area (Å²) in [5.41, 5.74) is 4.72. The van der Waals surface area contributed by atoms with Gasteiger partial charge in [0.15, 0.2) is 0 Å². The third-order valence-corrected chi connectivity index (χ3v) is 5.59. The normalized spacial score (nSPS) is 12.2. The van der Waals surface area contributed by atoms with Gasteiger partial charge in [0.2, 0.25) is 0 Å². The number of para-hydroxylation sites is 1. The molecule has 0 radical (unpaired) electrons. The molecule has 3 rings (SSSR count). The van der Waals surface area contributed by atoms with Crippen LogP contribution < -0.4 is 0 Å². The zero-order valence-electron chi connectivity index (χ0n) is 17.8. The average Bonchev–Trinajstić information content (AvgIpc) is 3.04. The van der Waals surface area contributed by atoms with E-state index in [4.69, 9.17) is 0 Å². The Kier molecular flexibility index (Phi) is 7.03. The van der Waals surface area contributed by atoms with Gasteiger partial charge in [0.05, 0.1) is 5.69 Å². The molecular weight excluding hydrogens is 358 g/mol. The Morgan fingerprint density at radius 3 is 2.28 bits per heavy atom. The van der Waals surface area contributed by atoms with Crippen LogP contribution in [-0.4, -0.2) is 16.1 Å². The zero-order chi connectivity index (χ0) is 20.8. The number of Topliss-reactive ketones (excluding diaryl/α,β-unsaturated/α-hetero) is 2. The number of rotatable bonds is 10. The van der Waals surface area contributed by atoms with Crippen molar-refractivity contribution in [2.24, 2.45) is 0 Å². The Labute approximate surface area is 173 Å². The lowest BCUT2D eigenvalue weighted by Gasteiger charge is -2.19. The largest absolute Gasteiger partial charge is 0.340 e. The maximum Gasteiger partial charge on any atom is 0.131 e. The number of aromatic nitrogens is 1. The van der Waals surface area contributed by atoms with Gasteiger partial charge in [-0.1, -0.05) is 68.3 Å². The summed E-state index contributed by atoms with van der Waals surface area (Å²) in [4.78, 5) is 23.9. The summed E-state index contributed by atoms with van der Waals surface area (Å²) in [6.07, 6.45) is 4.26. The smallest absolute Gasteiger partial charge is 0.131 e. The molecule has 0 N–H and O–H groups in total. The number of ketones is 2. The molecule has 1 atom stereocenters. The highest BCUT2D eigenvalue weighted by atomic mass is 16.1. The average molecular weight is 390 g/mol. The standard InChI is InChI=1S/C26H31NO2/c1-4-5-11-22(18-20(3)29)25-23-14-9-10-15-24(23)27(17-16-19(2)28)26(25)21-12-7-6-8-13-21/h6-10,12-15,22H,4-5,11,16-18H2,1-3H3. The molecule has 3 heteroatoms. The summed E-state index contributed by atoms with van der Waals surface area (Å²) in [6.45, 7) is 6.18. The summed E-state index contributed by atoms with van der Waals surface area (Å²) in [5, 5.41) is 1.21. The summed E-state index contributed by atoms with van der Waals surface area (Å²) in [6, 6.07) is 18.8. The van der Waals surface area contributed by atoms with Crippen LogP contribution in [0.3, 0.4) is 0 Å². The minimum absolute atomic E-state index is 0.186. The van der Waals surface area contributed by atoms with E-state index in [-0.39, 0.29) is 17.5 Å². The Morgan fingerprint density at radius 2 is 1.62 bits per heavy atom. The fourth-order valence-corrected chi connectivity index (χ4v) is 4.30. The van der Waals surface area contributed by atoms with Crippen LogP contribution in [0.1, 0.15) is 64.4 Å². The van der Waals surface area contributed by atoms with E-state index in [9.17, 15) is 9.59 Å². The molecule has 3 aromatic rings. The van der Waals surface area contributed by atoms with Crippen molar-refractivity contribution in [1.82, 2.24) is 4.57 Å². The molecule has 0 aliphatic carbocycles. The minimum Gasteiger partial charge on any atom is -0.340 e. The quantitative estimate of drug-likeness (QED) is 0.395. The van der Waals surface area contributed by atoms with E-state index in [1.165, 1.54) is 10.9 Å². The summed E-state index contributed by atoms with van der Waals surface area (Å²) < 4.78 is 2.29. The first kappa shape index (κ1) is 21.0. The van der Waals surface area contributed by atoms with Crippen LogP contribution in [0.4, 0.5) is 0 Å². The van der Waals surface area contributed by atoms with E-state index in [1.807, 2.05) is 6.07 Å². The van der Waals surface area contributed by atoms with Crippen LogP contribution in [0.5, 0.6) is 0 Å². The number of hydrogen-bond acceptors (Lipinski definition) is 2. The highest BCUT2D eigenvalue weighted by Gasteiger charge is 2.25. The summed E-state index contributed by atoms with van der Waals surface area (Å²) >= 11 is 0. The molecule has 2 aromatic carbocycles. The van der Waals surface area contributed by atoms with Gasteiger partial charge < -0.3 is 9.36 Å². The molecule has 0 bridgehead atoms. The number of hydrogen-bond donors (Lipinski definition) is 0. The van der Waals surface area contributed by atoms with E-state index < -0.39 is 0 Å². The van der Waals surface area contributed by atoms with Crippen molar-refractivity contribution in [3.8, 4) is 11.3 Å². The first-order chi connectivity index (χ1) is 14.0. The molecule has 0 spiro atoms. The Bertz CT molecular complexity index is 985.